The number of nitrogens with zero attached hydrogens (tertiary/aromatic N) is 3. The maximum atomic E-state index is 4.33. The molecule has 108 valence electrons. The summed E-state index contributed by atoms with van der Waals surface area (Å²) in [6.07, 6.45) is 2.67. The first-order valence-corrected chi connectivity index (χ1v) is 7.86. The lowest BCUT2D eigenvalue weighted by Crippen LogP contribution is -2.10. The lowest BCUT2D eigenvalue weighted by Gasteiger charge is -2.11. The first-order valence-electron chi connectivity index (χ1n) is 7.07. The molecule has 2 aromatic carbocycles. The number of hydrogen-bond acceptors (Lipinski definition) is 3. The molecule has 0 spiro atoms. The normalized spacial score (nSPS) is 11.0. The van der Waals surface area contributed by atoms with Crippen LogP contribution in [0, 0.1) is 0 Å². The highest BCUT2D eigenvalue weighted by Gasteiger charge is 2.06. The van der Waals surface area contributed by atoms with E-state index >= 15 is 0 Å². The molecule has 5 heteroatoms. The zero-order valence-corrected chi connectivity index (χ0v) is 13.5. The third-order valence-corrected chi connectivity index (χ3v) is 4.13. The number of anilines is 1. The molecule has 0 saturated carbocycles. The van der Waals surface area contributed by atoms with Crippen molar-refractivity contribution in [3.63, 3.8) is 0 Å². The Morgan fingerprint density at radius 2 is 1.95 bits per heavy atom. The van der Waals surface area contributed by atoms with Gasteiger partial charge >= 0.3 is 0 Å². The minimum Gasteiger partial charge on any atom is -0.377 e. The van der Waals surface area contributed by atoms with Gasteiger partial charge in [-0.1, -0.05) is 47.1 Å². The molecular weight excluding hydrogens is 328 g/mol. The number of fused-ring (bicyclic) bond motifs is 1. The van der Waals surface area contributed by atoms with E-state index in [1.54, 1.807) is 6.33 Å². The van der Waals surface area contributed by atoms with Gasteiger partial charge in [0, 0.05) is 22.1 Å². The summed E-state index contributed by atoms with van der Waals surface area (Å²) in [6.45, 7) is 3.71. The van der Waals surface area contributed by atoms with Crippen molar-refractivity contribution in [2.45, 2.75) is 26.4 Å². The van der Waals surface area contributed by atoms with Gasteiger partial charge in [-0.3, -0.25) is 0 Å². The number of nitrogens with one attached hydrogen (secondary N) is 1. The van der Waals surface area contributed by atoms with E-state index in [9.17, 15) is 0 Å². The predicted octanol–water partition coefficient (Wildman–Crippen LogP) is 4.22. The van der Waals surface area contributed by atoms with E-state index in [0.29, 0.717) is 6.54 Å². The molecule has 3 aromatic rings. The second kappa shape index (κ2) is 6.26. The van der Waals surface area contributed by atoms with Crippen LogP contribution in [0.2, 0.25) is 0 Å². The molecule has 0 fully saturated rings. The second-order valence-electron chi connectivity index (χ2n) is 4.89. The van der Waals surface area contributed by atoms with Crippen molar-refractivity contribution in [2.75, 3.05) is 5.32 Å². The average Bonchev–Trinajstić information content (AvgIpc) is 2.95. The summed E-state index contributed by atoms with van der Waals surface area (Å²) in [6, 6.07) is 12.5. The van der Waals surface area contributed by atoms with E-state index in [0.717, 1.165) is 29.0 Å². The van der Waals surface area contributed by atoms with E-state index < -0.39 is 0 Å². The minimum absolute atomic E-state index is 0.672. The molecule has 0 aliphatic rings. The van der Waals surface area contributed by atoms with Crippen molar-refractivity contribution in [1.82, 2.24) is 14.8 Å². The van der Waals surface area contributed by atoms with Gasteiger partial charge < -0.3 is 5.32 Å². The van der Waals surface area contributed by atoms with Gasteiger partial charge in [-0.2, -0.15) is 5.10 Å². The summed E-state index contributed by atoms with van der Waals surface area (Å²) in [7, 11) is 0. The predicted molar refractivity (Wildman–Crippen MR) is 89.3 cm³/mol. The van der Waals surface area contributed by atoms with Crippen LogP contribution in [0.5, 0.6) is 0 Å². The third kappa shape index (κ3) is 2.93. The van der Waals surface area contributed by atoms with Crippen LogP contribution in [-0.2, 0) is 13.1 Å². The summed E-state index contributed by atoms with van der Waals surface area (Å²) >= 11 is 3.60. The molecular formula is C16H17BrN4. The fourth-order valence-corrected chi connectivity index (χ4v) is 2.89. The van der Waals surface area contributed by atoms with Crippen LogP contribution >= 0.6 is 15.9 Å². The standard InChI is InChI=1S/C16H17BrN4/c1-2-9-21-16(19-11-20-21)10-18-15-8-7-14(17)12-5-3-4-6-13(12)15/h3-8,11,18H,2,9-10H2,1H3. The van der Waals surface area contributed by atoms with Gasteiger partial charge in [0.05, 0.1) is 6.54 Å². The van der Waals surface area contributed by atoms with Gasteiger partial charge in [-0.05, 0) is 23.9 Å². The molecule has 0 aliphatic carbocycles. The topological polar surface area (TPSA) is 42.7 Å². The maximum absolute atomic E-state index is 4.33. The van der Waals surface area contributed by atoms with Crippen LogP contribution in [-0.4, -0.2) is 14.8 Å². The van der Waals surface area contributed by atoms with Crippen LogP contribution in [0.15, 0.2) is 47.2 Å². The summed E-state index contributed by atoms with van der Waals surface area (Å²) < 4.78 is 3.06. The SMILES string of the molecule is CCCn1ncnc1CNc1ccc(Br)c2ccccc12. The highest BCUT2D eigenvalue weighted by Crippen LogP contribution is 2.30. The van der Waals surface area contributed by atoms with Gasteiger partial charge in [0.1, 0.15) is 12.2 Å². The van der Waals surface area contributed by atoms with Crippen molar-refractivity contribution in [3.8, 4) is 0 Å². The Labute approximate surface area is 132 Å². The Balaban J connectivity index is 1.85. The molecule has 1 heterocycles. The Kier molecular flexibility index (Phi) is 4.20. The number of aromatic nitrogens is 3. The minimum atomic E-state index is 0.672. The zero-order valence-electron chi connectivity index (χ0n) is 11.9. The molecule has 4 nitrogen and oxygen atoms in total. The van der Waals surface area contributed by atoms with Crippen molar-refractivity contribution >= 4 is 32.4 Å². The maximum Gasteiger partial charge on any atom is 0.146 e. The first kappa shape index (κ1) is 14.1. The molecule has 0 saturated heterocycles. The molecule has 1 N–H and O–H groups in total. The molecule has 0 radical (unpaired) electrons. The van der Waals surface area contributed by atoms with E-state index in [4.69, 9.17) is 0 Å². The smallest absolute Gasteiger partial charge is 0.146 e. The van der Waals surface area contributed by atoms with Gasteiger partial charge in [-0.15, -0.1) is 0 Å². The second-order valence-corrected chi connectivity index (χ2v) is 5.75. The molecule has 0 bridgehead atoms. The lowest BCUT2D eigenvalue weighted by atomic mass is 10.1. The van der Waals surface area contributed by atoms with E-state index in [2.05, 4.69) is 74.7 Å². The Morgan fingerprint density at radius 1 is 1.14 bits per heavy atom. The molecule has 1 aromatic heterocycles. The average molecular weight is 345 g/mol. The number of benzene rings is 2. The van der Waals surface area contributed by atoms with Crippen LogP contribution in [0.4, 0.5) is 5.69 Å². The van der Waals surface area contributed by atoms with E-state index in [1.165, 1.54) is 10.8 Å². The van der Waals surface area contributed by atoms with Crippen LogP contribution in [0.1, 0.15) is 19.2 Å². The van der Waals surface area contributed by atoms with Gasteiger partial charge in [-0.25, -0.2) is 9.67 Å². The first-order chi connectivity index (χ1) is 10.3. The van der Waals surface area contributed by atoms with Crippen molar-refractivity contribution in [2.24, 2.45) is 0 Å². The van der Waals surface area contributed by atoms with Crippen LogP contribution in [0.25, 0.3) is 10.8 Å². The summed E-state index contributed by atoms with van der Waals surface area (Å²) in [5, 5.41) is 10.1. The summed E-state index contributed by atoms with van der Waals surface area (Å²) in [4.78, 5) is 4.33. The zero-order chi connectivity index (χ0) is 14.7. The monoisotopic (exact) mass is 344 g/mol. The third-order valence-electron chi connectivity index (χ3n) is 3.44. The Morgan fingerprint density at radius 3 is 2.76 bits per heavy atom. The molecule has 0 aliphatic heterocycles. The largest absolute Gasteiger partial charge is 0.377 e. The van der Waals surface area contributed by atoms with Crippen molar-refractivity contribution < 1.29 is 0 Å². The highest BCUT2D eigenvalue weighted by atomic mass is 79.9. The highest BCUT2D eigenvalue weighted by molar-refractivity contribution is 9.10. The van der Waals surface area contributed by atoms with Crippen LogP contribution in [0.3, 0.4) is 0 Å². The molecule has 0 atom stereocenters. The number of aryl methyl sites for hydroxylation is 1. The van der Waals surface area contributed by atoms with Gasteiger partial charge in [0.25, 0.3) is 0 Å². The summed E-state index contributed by atoms with van der Waals surface area (Å²) in [5.74, 6) is 0.962. The molecule has 3 rings (SSSR count). The molecule has 21 heavy (non-hydrogen) atoms. The van der Waals surface area contributed by atoms with E-state index in [-0.39, 0.29) is 0 Å². The fraction of sp³-hybridized carbons (Fsp3) is 0.250. The lowest BCUT2D eigenvalue weighted by molar-refractivity contribution is 0.574. The fourth-order valence-electron chi connectivity index (χ4n) is 2.41. The quantitative estimate of drug-likeness (QED) is 0.753. The Hall–Kier alpha value is -1.88. The Bertz CT molecular complexity index is 751. The van der Waals surface area contributed by atoms with E-state index in [1.807, 2.05) is 4.68 Å². The van der Waals surface area contributed by atoms with Crippen LogP contribution < -0.4 is 5.32 Å². The number of hydrogen-bond donors (Lipinski definition) is 1. The number of rotatable bonds is 5. The summed E-state index contributed by atoms with van der Waals surface area (Å²) in [5.41, 5.74) is 1.11. The van der Waals surface area contributed by atoms with Gasteiger partial charge in [0.2, 0.25) is 0 Å². The van der Waals surface area contributed by atoms with Crippen molar-refractivity contribution in [1.29, 1.82) is 0 Å². The molecule has 0 amide bonds. The molecule has 0 unspecified atom stereocenters. The number of halogens is 1. The van der Waals surface area contributed by atoms with Gasteiger partial charge in [0.15, 0.2) is 0 Å². The van der Waals surface area contributed by atoms with Crippen molar-refractivity contribution in [3.05, 3.63) is 53.0 Å².